The van der Waals surface area contributed by atoms with Crippen molar-refractivity contribution in [2.75, 3.05) is 64.9 Å². The largest absolute Gasteiger partial charge is 0.494 e. The molecule has 2 heterocycles. The molecule has 11 heteroatoms. The number of likely N-dealkylation sites (N-methyl/N-ethyl adjacent to an activating group) is 1. The molecule has 0 bridgehead atoms. The Bertz CT molecular complexity index is 1850. The molecule has 1 fully saturated rings. The minimum absolute atomic E-state index is 0.136. The maximum absolute atomic E-state index is 14.1. The lowest BCUT2D eigenvalue weighted by molar-refractivity contribution is -0.133. The number of amides is 3. The van der Waals surface area contributed by atoms with E-state index in [-0.39, 0.29) is 35.0 Å². The highest BCUT2D eigenvalue weighted by atomic mass is 16.5. The summed E-state index contributed by atoms with van der Waals surface area (Å²) in [7, 11) is 3.91. The van der Waals surface area contributed by atoms with E-state index in [1.165, 1.54) is 0 Å². The number of hydrogen-bond acceptors (Lipinski definition) is 8. The normalized spacial score (nSPS) is 13.7. The molecule has 1 aliphatic heterocycles. The van der Waals surface area contributed by atoms with Crippen LogP contribution in [0.1, 0.15) is 51.8 Å². The van der Waals surface area contributed by atoms with Crippen molar-refractivity contribution < 1.29 is 23.5 Å². The van der Waals surface area contributed by atoms with Crippen molar-refractivity contribution in [3.63, 3.8) is 0 Å². The fourth-order valence-electron chi connectivity index (χ4n) is 5.88. The van der Waals surface area contributed by atoms with Crippen LogP contribution in [0.5, 0.6) is 5.75 Å². The maximum atomic E-state index is 14.1. The highest BCUT2D eigenvalue weighted by Crippen LogP contribution is 2.23. The van der Waals surface area contributed by atoms with Gasteiger partial charge in [-0.05, 0) is 63.3 Å². The number of para-hydroxylation sites is 1. The van der Waals surface area contributed by atoms with Crippen molar-refractivity contribution in [3.05, 3.63) is 105 Å². The van der Waals surface area contributed by atoms with Crippen molar-refractivity contribution in [2.24, 2.45) is 0 Å². The summed E-state index contributed by atoms with van der Waals surface area (Å²) in [5.74, 6) is -0.626. The minimum Gasteiger partial charge on any atom is -0.494 e. The molecule has 0 saturated carbocycles. The molecule has 0 spiro atoms. The van der Waals surface area contributed by atoms with E-state index in [2.05, 4.69) is 22.5 Å². The van der Waals surface area contributed by atoms with E-state index in [0.717, 1.165) is 42.3 Å². The van der Waals surface area contributed by atoms with E-state index >= 15 is 0 Å². The van der Waals surface area contributed by atoms with Gasteiger partial charge in [0.25, 0.3) is 11.8 Å². The highest BCUT2D eigenvalue weighted by molar-refractivity contribution is 6.00. The third-order valence-electron chi connectivity index (χ3n) is 8.78. The molecule has 5 rings (SSSR count). The van der Waals surface area contributed by atoms with Crippen LogP contribution in [-0.4, -0.2) is 93.5 Å². The van der Waals surface area contributed by atoms with Gasteiger partial charge in [0.1, 0.15) is 17.4 Å². The highest BCUT2D eigenvalue weighted by Gasteiger charge is 2.31. The molecule has 11 nitrogen and oxygen atoms in total. The molecule has 264 valence electrons. The standard InChI is InChI=1S/C39H47N5O6/c1-5-6-23-49-29-15-16-35-31(25-29)34(45)26-36(50-35)38(47)41-32(24-28-13-11-27(2)12-14-28)39(48)44-21-19-43(20-22-44)33-10-8-7-9-30(33)37(46)40-17-18-42(3)4/h7-16,25-26,32H,5-6,17-24H2,1-4H3,(H,40,46)(H,41,47)/t32-/m1/s1. The van der Waals surface area contributed by atoms with E-state index in [4.69, 9.17) is 9.15 Å². The Labute approximate surface area is 293 Å². The van der Waals surface area contributed by atoms with Crippen LogP contribution in [0.4, 0.5) is 5.69 Å². The van der Waals surface area contributed by atoms with Crippen LogP contribution in [-0.2, 0) is 11.2 Å². The van der Waals surface area contributed by atoms with Gasteiger partial charge in [0.15, 0.2) is 11.2 Å². The van der Waals surface area contributed by atoms with Gasteiger partial charge in [-0.1, -0.05) is 55.3 Å². The van der Waals surface area contributed by atoms with Crippen molar-refractivity contribution in [1.29, 1.82) is 0 Å². The van der Waals surface area contributed by atoms with Crippen LogP contribution >= 0.6 is 0 Å². The summed E-state index contributed by atoms with van der Waals surface area (Å²) in [6.07, 6.45) is 2.15. The molecule has 0 aliphatic carbocycles. The molecule has 4 aromatic rings. The van der Waals surface area contributed by atoms with Crippen LogP contribution in [0.3, 0.4) is 0 Å². The summed E-state index contributed by atoms with van der Waals surface area (Å²) < 4.78 is 11.6. The Morgan fingerprint density at radius 2 is 1.68 bits per heavy atom. The summed E-state index contributed by atoms with van der Waals surface area (Å²) in [4.78, 5) is 59.6. The van der Waals surface area contributed by atoms with Gasteiger partial charge >= 0.3 is 0 Å². The Hall–Kier alpha value is -5.16. The lowest BCUT2D eigenvalue weighted by Crippen LogP contribution is -2.55. The molecule has 1 saturated heterocycles. The molecule has 1 aromatic heterocycles. The maximum Gasteiger partial charge on any atom is 0.287 e. The van der Waals surface area contributed by atoms with Crippen molar-refractivity contribution in [3.8, 4) is 5.75 Å². The van der Waals surface area contributed by atoms with Crippen molar-refractivity contribution >= 4 is 34.4 Å². The number of hydrogen-bond donors (Lipinski definition) is 2. The number of aryl methyl sites for hydroxylation is 1. The van der Waals surface area contributed by atoms with Crippen LogP contribution in [0, 0.1) is 6.92 Å². The number of nitrogens with zero attached hydrogens (tertiary/aromatic N) is 3. The first-order valence-corrected chi connectivity index (χ1v) is 17.3. The topological polar surface area (TPSA) is 124 Å². The zero-order valence-corrected chi connectivity index (χ0v) is 29.4. The summed E-state index contributed by atoms with van der Waals surface area (Å²) in [5.41, 5.74) is 3.26. The molecule has 3 aromatic carbocycles. The number of nitrogens with one attached hydrogen (secondary N) is 2. The average molecular weight is 682 g/mol. The van der Waals surface area contributed by atoms with Gasteiger partial charge in [0.2, 0.25) is 5.91 Å². The Balaban J connectivity index is 1.30. The van der Waals surface area contributed by atoms with Crippen molar-refractivity contribution in [2.45, 2.75) is 39.2 Å². The lowest BCUT2D eigenvalue weighted by Gasteiger charge is -2.38. The average Bonchev–Trinajstić information content (AvgIpc) is 3.12. The van der Waals surface area contributed by atoms with Gasteiger partial charge in [-0.2, -0.15) is 0 Å². The first kappa shape index (κ1) is 36.1. The van der Waals surface area contributed by atoms with Crippen LogP contribution in [0.2, 0.25) is 0 Å². The van der Waals surface area contributed by atoms with Crippen LogP contribution < -0.4 is 25.7 Å². The number of carbonyl (C=O) groups excluding carboxylic acids is 3. The summed E-state index contributed by atoms with van der Waals surface area (Å²) >= 11 is 0. The van der Waals surface area contributed by atoms with Gasteiger partial charge in [0.05, 0.1) is 17.6 Å². The number of benzene rings is 3. The second kappa shape index (κ2) is 17.0. The quantitative estimate of drug-likeness (QED) is 0.189. The molecular weight excluding hydrogens is 634 g/mol. The first-order chi connectivity index (χ1) is 24.1. The minimum atomic E-state index is -0.901. The SMILES string of the molecule is CCCCOc1ccc2oc(C(=O)N[C@H](Cc3ccc(C)cc3)C(=O)N3CCN(c4ccccc4C(=O)NCCN(C)C)CC3)cc(=O)c2c1. The molecule has 0 unspecified atom stereocenters. The fourth-order valence-corrected chi connectivity index (χ4v) is 5.88. The Morgan fingerprint density at radius 3 is 2.40 bits per heavy atom. The van der Waals surface area contributed by atoms with E-state index in [9.17, 15) is 19.2 Å². The zero-order valence-electron chi connectivity index (χ0n) is 29.4. The second-order valence-electron chi connectivity index (χ2n) is 12.9. The predicted molar refractivity (Wildman–Crippen MR) is 195 cm³/mol. The molecule has 1 aliphatic rings. The Kier molecular flexibility index (Phi) is 12.3. The monoisotopic (exact) mass is 681 g/mol. The summed E-state index contributed by atoms with van der Waals surface area (Å²) in [5, 5.41) is 6.17. The number of piperazine rings is 1. The third kappa shape index (κ3) is 9.29. The smallest absolute Gasteiger partial charge is 0.287 e. The van der Waals surface area contributed by atoms with E-state index in [1.807, 2.05) is 74.4 Å². The Morgan fingerprint density at radius 1 is 0.940 bits per heavy atom. The van der Waals surface area contributed by atoms with Gasteiger partial charge in [-0.25, -0.2) is 0 Å². The predicted octanol–water partition coefficient (Wildman–Crippen LogP) is 4.26. The van der Waals surface area contributed by atoms with Gasteiger partial charge in [-0.15, -0.1) is 0 Å². The first-order valence-electron chi connectivity index (χ1n) is 17.3. The van der Waals surface area contributed by atoms with E-state index in [1.54, 1.807) is 23.1 Å². The summed E-state index contributed by atoms with van der Waals surface area (Å²) in [6.45, 7) is 7.72. The van der Waals surface area contributed by atoms with Crippen LogP contribution in [0.15, 0.2) is 82.0 Å². The molecular formula is C39H47N5O6. The third-order valence-corrected chi connectivity index (χ3v) is 8.78. The van der Waals surface area contributed by atoms with Gasteiger partial charge < -0.3 is 34.5 Å². The summed E-state index contributed by atoms with van der Waals surface area (Å²) in [6, 6.07) is 20.5. The van der Waals surface area contributed by atoms with E-state index < -0.39 is 11.9 Å². The molecule has 3 amide bonds. The van der Waals surface area contributed by atoms with Crippen molar-refractivity contribution in [1.82, 2.24) is 20.4 Å². The van der Waals surface area contributed by atoms with E-state index in [0.29, 0.717) is 56.0 Å². The van der Waals surface area contributed by atoms with Gasteiger partial charge in [-0.3, -0.25) is 19.2 Å². The number of carbonyl (C=O) groups is 3. The molecule has 0 radical (unpaired) electrons. The number of anilines is 1. The fraction of sp³-hybridized carbons (Fsp3) is 0.385. The lowest BCUT2D eigenvalue weighted by atomic mass is 10.0. The van der Waals surface area contributed by atoms with Gasteiger partial charge in [0, 0.05) is 57.4 Å². The zero-order chi connectivity index (χ0) is 35.6. The molecule has 1 atom stereocenters. The number of unbranched alkanes of at least 4 members (excludes halogenated alkanes) is 1. The molecule has 2 N–H and O–H groups in total. The molecule has 50 heavy (non-hydrogen) atoms. The second-order valence-corrected chi connectivity index (χ2v) is 12.9. The number of fused-ring (bicyclic) bond motifs is 1. The van der Waals surface area contributed by atoms with Crippen LogP contribution in [0.25, 0.3) is 11.0 Å². The number of rotatable bonds is 14. The number of ether oxygens (including phenoxy) is 1.